The maximum Gasteiger partial charge on any atom is 0.270 e. The van der Waals surface area contributed by atoms with Crippen LogP contribution in [0.5, 0.6) is 11.5 Å². The first-order valence-electron chi connectivity index (χ1n) is 9.87. The maximum atomic E-state index is 13.1. The fourth-order valence-corrected chi connectivity index (χ4v) is 5.83. The second-order valence-electron chi connectivity index (χ2n) is 7.95. The summed E-state index contributed by atoms with van der Waals surface area (Å²) in [6, 6.07) is 11.2. The summed E-state index contributed by atoms with van der Waals surface area (Å²) in [4.78, 5) is 12.4. The molecule has 1 atom stereocenters. The van der Waals surface area contributed by atoms with E-state index in [1.807, 2.05) is 13.8 Å². The van der Waals surface area contributed by atoms with Gasteiger partial charge in [0, 0.05) is 18.1 Å². The molecule has 1 aromatic heterocycles. The van der Waals surface area contributed by atoms with E-state index in [0.29, 0.717) is 23.5 Å². The van der Waals surface area contributed by atoms with Crippen molar-refractivity contribution in [3.8, 4) is 11.5 Å². The predicted molar refractivity (Wildman–Crippen MR) is 125 cm³/mol. The molecule has 0 radical (unpaired) electrons. The molecule has 33 heavy (non-hydrogen) atoms. The van der Waals surface area contributed by atoms with Crippen LogP contribution in [0, 0.1) is 0 Å². The van der Waals surface area contributed by atoms with Crippen molar-refractivity contribution in [1.82, 2.24) is 14.9 Å². The average Bonchev–Trinajstić information content (AvgIpc) is 3.22. The van der Waals surface area contributed by atoms with Crippen LogP contribution in [0.15, 0.2) is 46.8 Å². The van der Waals surface area contributed by atoms with Gasteiger partial charge in [0.1, 0.15) is 17.1 Å². The van der Waals surface area contributed by atoms with E-state index in [9.17, 15) is 13.2 Å². The number of nitrogens with zero attached hydrogens (tertiary/aromatic N) is 2. The van der Waals surface area contributed by atoms with Crippen LogP contribution >= 0.6 is 22.9 Å². The summed E-state index contributed by atoms with van der Waals surface area (Å²) in [7, 11) is -2.48. The summed E-state index contributed by atoms with van der Waals surface area (Å²) in [6.45, 7) is 3.76. The van der Waals surface area contributed by atoms with E-state index in [1.165, 1.54) is 0 Å². The Kier molecular flexibility index (Phi) is 6.32. The highest BCUT2D eigenvalue weighted by Gasteiger charge is 2.37. The molecule has 174 valence electrons. The van der Waals surface area contributed by atoms with Crippen LogP contribution in [-0.2, 0) is 10.0 Å². The summed E-state index contributed by atoms with van der Waals surface area (Å²) in [5, 5.41) is 10.4. The number of nitrogens with one attached hydrogen (secondary N) is 2. The molecule has 0 bridgehead atoms. The zero-order valence-electron chi connectivity index (χ0n) is 18.0. The van der Waals surface area contributed by atoms with Gasteiger partial charge in [0.25, 0.3) is 15.9 Å². The minimum Gasteiger partial charge on any atom is -0.497 e. The number of rotatable bonds is 6. The van der Waals surface area contributed by atoms with Crippen LogP contribution in [0.1, 0.15) is 42.2 Å². The Labute approximate surface area is 200 Å². The number of anilines is 1. The van der Waals surface area contributed by atoms with Crippen molar-refractivity contribution in [3.63, 3.8) is 0 Å². The number of amides is 1. The number of sulfonamides is 1. The van der Waals surface area contributed by atoms with E-state index in [-0.39, 0.29) is 20.1 Å². The predicted octanol–water partition coefficient (Wildman–Crippen LogP) is 4.03. The van der Waals surface area contributed by atoms with Gasteiger partial charge in [0.15, 0.2) is 0 Å². The first-order valence-corrected chi connectivity index (χ1v) is 12.5. The molecule has 4 rings (SSSR count). The molecule has 3 aromatic rings. The fraction of sp³-hybridized carbons (Fsp3) is 0.286. The lowest BCUT2D eigenvalue weighted by Crippen LogP contribution is -2.41. The van der Waals surface area contributed by atoms with Crippen LogP contribution in [-0.4, -0.2) is 37.2 Å². The van der Waals surface area contributed by atoms with Crippen molar-refractivity contribution < 1.29 is 22.7 Å². The van der Waals surface area contributed by atoms with Gasteiger partial charge < -0.3 is 9.47 Å². The molecule has 0 aliphatic carbocycles. The van der Waals surface area contributed by atoms with Crippen LogP contribution in [0.4, 0.5) is 5.13 Å². The Morgan fingerprint density at radius 1 is 1.24 bits per heavy atom. The molecule has 1 amide bonds. The molecule has 0 fully saturated rings. The normalized spacial score (nSPS) is 17.0. The average molecular weight is 509 g/mol. The van der Waals surface area contributed by atoms with Gasteiger partial charge in [0.2, 0.25) is 9.47 Å². The third kappa shape index (κ3) is 5.11. The van der Waals surface area contributed by atoms with E-state index in [0.717, 1.165) is 11.3 Å². The van der Waals surface area contributed by atoms with Gasteiger partial charge in [-0.25, -0.2) is 13.1 Å². The summed E-state index contributed by atoms with van der Waals surface area (Å²) >= 11 is 6.78. The third-order valence-electron chi connectivity index (χ3n) is 4.95. The van der Waals surface area contributed by atoms with E-state index >= 15 is 0 Å². The monoisotopic (exact) mass is 508 g/mol. The third-order valence-corrected chi connectivity index (χ3v) is 7.96. The molecule has 1 aliphatic heterocycles. The van der Waals surface area contributed by atoms with Gasteiger partial charge in [-0.15, -0.1) is 10.2 Å². The molecule has 12 heteroatoms. The Hall–Kier alpha value is -2.73. The molecule has 2 N–H and O–H groups in total. The number of ether oxygens (including phenoxy) is 2. The lowest BCUT2D eigenvalue weighted by Gasteiger charge is -2.37. The highest BCUT2D eigenvalue weighted by Crippen LogP contribution is 2.42. The molecular formula is C21H21ClN4O5S2. The SMILES string of the molecule is COc1ccc2c(c1)OC(C)(C)CC2NS(=O)(=O)c1nnc(NC(=O)c2ccccc2Cl)s1. The largest absolute Gasteiger partial charge is 0.497 e. The van der Waals surface area contributed by atoms with Gasteiger partial charge in [-0.05, 0) is 32.0 Å². The molecule has 2 heterocycles. The minimum atomic E-state index is -4.03. The Morgan fingerprint density at radius 2 is 2.00 bits per heavy atom. The van der Waals surface area contributed by atoms with Gasteiger partial charge in [0.05, 0.1) is 23.7 Å². The molecule has 9 nitrogen and oxygen atoms in total. The number of carbonyl (C=O) groups excluding carboxylic acids is 1. The van der Waals surface area contributed by atoms with Crippen molar-refractivity contribution in [3.05, 3.63) is 58.6 Å². The van der Waals surface area contributed by atoms with Crippen molar-refractivity contribution >= 4 is 44.0 Å². The van der Waals surface area contributed by atoms with Crippen molar-refractivity contribution in [2.24, 2.45) is 0 Å². The summed E-state index contributed by atoms with van der Waals surface area (Å²) in [6.07, 6.45) is 0.403. The topological polar surface area (TPSA) is 120 Å². The fourth-order valence-electron chi connectivity index (χ4n) is 3.48. The number of aromatic nitrogens is 2. The Bertz CT molecular complexity index is 1310. The molecular weight excluding hydrogens is 488 g/mol. The molecule has 0 saturated heterocycles. The number of carbonyl (C=O) groups is 1. The number of hydrogen-bond acceptors (Lipinski definition) is 8. The van der Waals surface area contributed by atoms with Crippen LogP contribution < -0.4 is 19.5 Å². The summed E-state index contributed by atoms with van der Waals surface area (Å²) in [5.41, 5.74) is 0.325. The van der Waals surface area contributed by atoms with E-state index < -0.39 is 27.6 Å². The second kappa shape index (κ2) is 8.90. The van der Waals surface area contributed by atoms with Crippen LogP contribution in [0.3, 0.4) is 0 Å². The first kappa shape index (κ1) is 23.4. The molecule has 0 spiro atoms. The van der Waals surface area contributed by atoms with Gasteiger partial charge in [-0.2, -0.15) is 0 Å². The number of halogens is 1. The minimum absolute atomic E-state index is 0.0396. The highest BCUT2D eigenvalue weighted by atomic mass is 35.5. The molecule has 2 aromatic carbocycles. The smallest absolute Gasteiger partial charge is 0.270 e. The van der Waals surface area contributed by atoms with Gasteiger partial charge >= 0.3 is 0 Å². The second-order valence-corrected chi connectivity index (χ2v) is 11.2. The Balaban J connectivity index is 1.55. The maximum absolute atomic E-state index is 13.1. The van der Waals surface area contributed by atoms with Crippen LogP contribution in [0.25, 0.3) is 0 Å². The molecule has 1 unspecified atom stereocenters. The van der Waals surface area contributed by atoms with Crippen LogP contribution in [0.2, 0.25) is 5.02 Å². The number of hydrogen-bond donors (Lipinski definition) is 2. The quantitative estimate of drug-likeness (QED) is 0.482. The number of fused-ring (bicyclic) bond motifs is 1. The van der Waals surface area contributed by atoms with Crippen molar-refractivity contribution in [1.29, 1.82) is 0 Å². The van der Waals surface area contributed by atoms with E-state index in [4.69, 9.17) is 21.1 Å². The van der Waals surface area contributed by atoms with Crippen molar-refractivity contribution in [2.45, 2.75) is 36.3 Å². The van der Waals surface area contributed by atoms with Gasteiger partial charge in [-0.3, -0.25) is 10.1 Å². The van der Waals surface area contributed by atoms with Gasteiger partial charge in [-0.1, -0.05) is 41.1 Å². The lowest BCUT2D eigenvalue weighted by atomic mass is 9.90. The number of methoxy groups -OCH3 is 1. The molecule has 1 aliphatic rings. The lowest BCUT2D eigenvalue weighted by molar-refractivity contribution is 0.0698. The highest BCUT2D eigenvalue weighted by molar-refractivity contribution is 7.91. The molecule has 0 saturated carbocycles. The summed E-state index contributed by atoms with van der Waals surface area (Å²) < 4.78 is 39.8. The Morgan fingerprint density at radius 3 is 2.73 bits per heavy atom. The standard InChI is InChI=1S/C21H21ClN4O5S2/c1-21(2)11-16(14-9-8-12(30-3)10-17(14)31-21)26-33(28,29)20-25-24-19(32-20)23-18(27)13-6-4-5-7-15(13)22/h4-10,16,26H,11H2,1-3H3,(H,23,24,27). The zero-order valence-corrected chi connectivity index (χ0v) is 20.3. The van der Waals surface area contributed by atoms with E-state index in [1.54, 1.807) is 49.6 Å². The van der Waals surface area contributed by atoms with Crippen molar-refractivity contribution in [2.75, 3.05) is 12.4 Å². The zero-order chi connectivity index (χ0) is 23.8. The number of benzene rings is 2. The van der Waals surface area contributed by atoms with E-state index in [2.05, 4.69) is 20.2 Å². The first-order chi connectivity index (χ1) is 15.6. The summed E-state index contributed by atoms with van der Waals surface area (Å²) in [5.74, 6) is 0.641.